The number of hydrogen-bond donors (Lipinski definition) is 1. The van der Waals surface area contributed by atoms with Gasteiger partial charge in [-0.25, -0.2) is 0 Å². The molecule has 0 bridgehead atoms. The third-order valence-electron chi connectivity index (χ3n) is 3.62. The first-order chi connectivity index (χ1) is 8.72. The van der Waals surface area contributed by atoms with Crippen molar-refractivity contribution < 1.29 is 4.79 Å². The second-order valence-corrected chi connectivity index (χ2v) is 5.41. The van der Waals surface area contributed by atoms with Crippen molar-refractivity contribution in [1.82, 2.24) is 5.32 Å². The average Bonchev–Trinajstić information content (AvgIpc) is 2.38. The summed E-state index contributed by atoms with van der Waals surface area (Å²) in [4.78, 5) is 12.3. The predicted molar refractivity (Wildman–Crippen MR) is 75.1 cm³/mol. The molecule has 98 valence electrons. The largest absolute Gasteiger partial charge is 0.353 e. The van der Waals surface area contributed by atoms with Gasteiger partial charge in [0.15, 0.2) is 0 Å². The fourth-order valence-electron chi connectivity index (χ4n) is 2.61. The molecule has 0 spiro atoms. The average molecular weight is 266 g/mol. The highest BCUT2D eigenvalue weighted by Crippen LogP contribution is 2.31. The lowest BCUT2D eigenvalue weighted by Gasteiger charge is -2.26. The lowest BCUT2D eigenvalue weighted by atomic mass is 9.82. The fourth-order valence-corrected chi connectivity index (χ4v) is 2.93. The number of aryl methyl sites for hydroxylation is 1. The van der Waals surface area contributed by atoms with Crippen LogP contribution in [0.25, 0.3) is 0 Å². The predicted octanol–water partition coefficient (Wildman–Crippen LogP) is 3.24. The molecule has 2 unspecified atom stereocenters. The highest BCUT2D eigenvalue weighted by molar-refractivity contribution is 6.17. The summed E-state index contributed by atoms with van der Waals surface area (Å²) in [7, 11) is 0. The number of carbonyl (C=O) groups is 1. The van der Waals surface area contributed by atoms with E-state index in [1.807, 2.05) is 13.0 Å². The zero-order valence-corrected chi connectivity index (χ0v) is 11.5. The lowest BCUT2D eigenvalue weighted by Crippen LogP contribution is -2.37. The smallest absolute Gasteiger partial charge is 0.227 e. The molecule has 0 radical (unpaired) electrons. The van der Waals surface area contributed by atoms with E-state index >= 15 is 0 Å². The quantitative estimate of drug-likeness (QED) is 0.832. The molecule has 2 atom stereocenters. The number of nitrogens with one attached hydrogen (secondary N) is 1. The summed E-state index contributed by atoms with van der Waals surface area (Å²) in [6.07, 6.45) is 3.97. The second-order valence-electron chi connectivity index (χ2n) is 5.03. The molecule has 0 saturated heterocycles. The van der Waals surface area contributed by atoms with E-state index in [9.17, 15) is 4.79 Å². The van der Waals surface area contributed by atoms with E-state index in [0.29, 0.717) is 5.88 Å². The standard InChI is InChI=1S/C15H20ClNO/c1-11(9-10-16)17-15(18)14-8-4-6-12-5-2-3-7-13(12)14/h2-3,5,7,11,14H,4,6,8-10H2,1H3,(H,17,18). The Labute approximate surface area is 114 Å². The van der Waals surface area contributed by atoms with E-state index in [4.69, 9.17) is 11.6 Å². The van der Waals surface area contributed by atoms with Crippen LogP contribution in [0, 0.1) is 0 Å². The highest BCUT2D eigenvalue weighted by Gasteiger charge is 2.26. The molecule has 2 rings (SSSR count). The Hall–Kier alpha value is -1.02. The first-order valence-electron chi connectivity index (χ1n) is 6.66. The third kappa shape index (κ3) is 3.05. The van der Waals surface area contributed by atoms with Gasteiger partial charge in [0.2, 0.25) is 5.91 Å². The van der Waals surface area contributed by atoms with Gasteiger partial charge in [-0.15, -0.1) is 11.6 Å². The minimum absolute atomic E-state index is 0.0210. The zero-order valence-electron chi connectivity index (χ0n) is 10.8. The number of alkyl halides is 1. The summed E-state index contributed by atoms with van der Waals surface area (Å²) in [5.41, 5.74) is 2.54. The molecule has 0 aliphatic heterocycles. The van der Waals surface area contributed by atoms with Crippen molar-refractivity contribution in [3.05, 3.63) is 35.4 Å². The van der Waals surface area contributed by atoms with E-state index in [1.165, 1.54) is 11.1 Å². The Morgan fingerprint density at radius 3 is 3.06 bits per heavy atom. The number of fused-ring (bicyclic) bond motifs is 1. The maximum absolute atomic E-state index is 12.3. The molecule has 0 heterocycles. The molecule has 1 amide bonds. The second kappa shape index (κ2) is 6.24. The molecular formula is C15H20ClNO. The molecule has 1 aromatic carbocycles. The van der Waals surface area contributed by atoms with Gasteiger partial charge in [0.05, 0.1) is 5.92 Å². The Bertz CT molecular complexity index is 419. The SMILES string of the molecule is CC(CCCl)NC(=O)C1CCCc2ccccc21. The topological polar surface area (TPSA) is 29.1 Å². The van der Waals surface area contributed by atoms with Gasteiger partial charge in [0.1, 0.15) is 0 Å². The van der Waals surface area contributed by atoms with Crippen LogP contribution in [0.1, 0.15) is 43.2 Å². The first-order valence-corrected chi connectivity index (χ1v) is 7.20. The molecule has 1 N–H and O–H groups in total. The minimum atomic E-state index is 0.0210. The molecule has 2 nitrogen and oxygen atoms in total. The summed E-state index contributed by atoms with van der Waals surface area (Å²) >= 11 is 5.70. The zero-order chi connectivity index (χ0) is 13.0. The molecule has 18 heavy (non-hydrogen) atoms. The van der Waals surface area contributed by atoms with Crippen LogP contribution in [0.5, 0.6) is 0 Å². The number of benzene rings is 1. The summed E-state index contributed by atoms with van der Waals surface area (Å²) in [6.45, 7) is 2.01. The van der Waals surface area contributed by atoms with Crippen molar-refractivity contribution in [2.24, 2.45) is 0 Å². The van der Waals surface area contributed by atoms with Crippen molar-refractivity contribution in [1.29, 1.82) is 0 Å². The molecule has 1 aliphatic rings. The van der Waals surface area contributed by atoms with Crippen LogP contribution in [-0.4, -0.2) is 17.8 Å². The third-order valence-corrected chi connectivity index (χ3v) is 3.83. The highest BCUT2D eigenvalue weighted by atomic mass is 35.5. The van der Waals surface area contributed by atoms with Gasteiger partial charge in [-0.3, -0.25) is 4.79 Å². The summed E-state index contributed by atoms with van der Waals surface area (Å²) < 4.78 is 0. The van der Waals surface area contributed by atoms with Crippen molar-refractivity contribution in [2.45, 2.75) is 44.6 Å². The molecule has 3 heteroatoms. The molecule has 0 fully saturated rings. The van der Waals surface area contributed by atoms with Crippen molar-refractivity contribution in [3.8, 4) is 0 Å². The van der Waals surface area contributed by atoms with E-state index in [0.717, 1.165) is 25.7 Å². The van der Waals surface area contributed by atoms with E-state index in [2.05, 4.69) is 23.5 Å². The van der Waals surface area contributed by atoms with E-state index in [-0.39, 0.29) is 17.9 Å². The molecule has 1 aromatic rings. The van der Waals surface area contributed by atoms with Gasteiger partial charge in [-0.05, 0) is 43.7 Å². The van der Waals surface area contributed by atoms with Crippen LogP contribution in [0.4, 0.5) is 0 Å². The first kappa shape index (κ1) is 13.4. The van der Waals surface area contributed by atoms with Gasteiger partial charge in [-0.2, -0.15) is 0 Å². The number of amides is 1. The normalized spacial score (nSPS) is 20.0. The Kier molecular flexibility index (Phi) is 4.65. The number of rotatable bonds is 4. The number of carbonyl (C=O) groups excluding carboxylic acids is 1. The van der Waals surface area contributed by atoms with Crippen LogP contribution in [0.2, 0.25) is 0 Å². The van der Waals surface area contributed by atoms with Gasteiger partial charge in [0, 0.05) is 11.9 Å². The van der Waals surface area contributed by atoms with Gasteiger partial charge < -0.3 is 5.32 Å². The van der Waals surface area contributed by atoms with Crippen LogP contribution in [0.15, 0.2) is 24.3 Å². The Balaban J connectivity index is 2.08. The summed E-state index contributed by atoms with van der Waals surface area (Å²) in [5, 5.41) is 3.07. The minimum Gasteiger partial charge on any atom is -0.353 e. The van der Waals surface area contributed by atoms with Crippen LogP contribution >= 0.6 is 11.6 Å². The van der Waals surface area contributed by atoms with Gasteiger partial charge in [-0.1, -0.05) is 24.3 Å². The fraction of sp³-hybridized carbons (Fsp3) is 0.533. The van der Waals surface area contributed by atoms with E-state index in [1.54, 1.807) is 0 Å². The summed E-state index contributed by atoms with van der Waals surface area (Å²) in [6, 6.07) is 8.45. The number of hydrogen-bond acceptors (Lipinski definition) is 1. The molecule has 0 saturated carbocycles. The lowest BCUT2D eigenvalue weighted by molar-refractivity contribution is -0.123. The maximum atomic E-state index is 12.3. The Morgan fingerprint density at radius 2 is 2.28 bits per heavy atom. The van der Waals surface area contributed by atoms with Crippen molar-refractivity contribution >= 4 is 17.5 Å². The van der Waals surface area contributed by atoms with Crippen molar-refractivity contribution in [3.63, 3.8) is 0 Å². The van der Waals surface area contributed by atoms with E-state index < -0.39 is 0 Å². The monoisotopic (exact) mass is 265 g/mol. The summed E-state index contributed by atoms with van der Waals surface area (Å²) in [5.74, 6) is 0.760. The molecule has 1 aliphatic carbocycles. The molecular weight excluding hydrogens is 246 g/mol. The van der Waals surface area contributed by atoms with Crippen LogP contribution in [-0.2, 0) is 11.2 Å². The number of halogens is 1. The van der Waals surface area contributed by atoms with Crippen molar-refractivity contribution in [2.75, 3.05) is 5.88 Å². The van der Waals surface area contributed by atoms with Gasteiger partial charge in [0.25, 0.3) is 0 Å². The maximum Gasteiger partial charge on any atom is 0.227 e. The van der Waals surface area contributed by atoms with Crippen LogP contribution < -0.4 is 5.32 Å². The Morgan fingerprint density at radius 1 is 1.50 bits per heavy atom. The van der Waals surface area contributed by atoms with Gasteiger partial charge >= 0.3 is 0 Å². The van der Waals surface area contributed by atoms with Crippen LogP contribution in [0.3, 0.4) is 0 Å². The molecule has 0 aromatic heterocycles.